The first-order valence-corrected chi connectivity index (χ1v) is 4.88. The summed E-state index contributed by atoms with van der Waals surface area (Å²) in [6, 6.07) is 13.0. The number of hydrogen-bond acceptors (Lipinski definition) is 2. The highest BCUT2D eigenvalue weighted by atomic mass is 16.2. The number of H-pyrrole nitrogens is 1. The number of aromatic amines is 1. The molecule has 0 aliphatic carbocycles. The average Bonchev–Trinajstić information content (AvgIpc) is 2.84. The summed E-state index contributed by atoms with van der Waals surface area (Å²) in [6.07, 6.45) is 3.29. The minimum Gasteiger partial charge on any atom is -0.357 e. The van der Waals surface area contributed by atoms with Gasteiger partial charge in [0, 0.05) is 6.20 Å². The Labute approximate surface area is 93.0 Å². The molecular formula is C12H11N3O. The van der Waals surface area contributed by atoms with Gasteiger partial charge in [0.1, 0.15) is 5.69 Å². The van der Waals surface area contributed by atoms with Crippen LogP contribution in [0.15, 0.2) is 53.8 Å². The maximum absolute atomic E-state index is 11.4. The number of rotatable bonds is 3. The van der Waals surface area contributed by atoms with E-state index in [1.165, 1.54) is 0 Å². The zero-order valence-electron chi connectivity index (χ0n) is 8.55. The van der Waals surface area contributed by atoms with Gasteiger partial charge in [0.2, 0.25) is 0 Å². The van der Waals surface area contributed by atoms with Crippen LogP contribution in [0.2, 0.25) is 0 Å². The van der Waals surface area contributed by atoms with E-state index >= 15 is 0 Å². The zero-order valence-corrected chi connectivity index (χ0v) is 8.55. The number of benzene rings is 1. The molecule has 1 amide bonds. The monoisotopic (exact) mass is 213 g/mol. The summed E-state index contributed by atoms with van der Waals surface area (Å²) in [4.78, 5) is 14.2. The van der Waals surface area contributed by atoms with Crippen molar-refractivity contribution in [3.63, 3.8) is 0 Å². The molecule has 4 nitrogen and oxygen atoms in total. The molecule has 0 bridgehead atoms. The lowest BCUT2D eigenvalue weighted by atomic mass is 10.2. The fraction of sp³-hybridized carbons (Fsp3) is 0. The summed E-state index contributed by atoms with van der Waals surface area (Å²) in [5.74, 6) is -0.253. The standard InChI is InChI=1S/C12H11N3O/c16-12(11-7-4-8-13-11)15-14-9-10-5-2-1-3-6-10/h1-9,13H,(H,15,16)/b14-9-. The molecule has 0 saturated carbocycles. The maximum atomic E-state index is 11.4. The Morgan fingerprint density at radius 2 is 2.00 bits per heavy atom. The Bertz CT molecular complexity index is 474. The molecule has 1 aromatic carbocycles. The van der Waals surface area contributed by atoms with Gasteiger partial charge in [-0.15, -0.1) is 0 Å². The minimum absolute atomic E-state index is 0.253. The number of hydrazone groups is 1. The van der Waals surface area contributed by atoms with Crippen molar-refractivity contribution in [2.45, 2.75) is 0 Å². The third kappa shape index (κ3) is 2.57. The van der Waals surface area contributed by atoms with E-state index in [-0.39, 0.29) is 5.91 Å². The highest BCUT2D eigenvalue weighted by Gasteiger charge is 2.02. The van der Waals surface area contributed by atoms with Crippen LogP contribution < -0.4 is 5.43 Å². The van der Waals surface area contributed by atoms with Crippen LogP contribution in [0.25, 0.3) is 0 Å². The molecule has 1 heterocycles. The summed E-state index contributed by atoms with van der Waals surface area (Å²) in [7, 11) is 0. The predicted octanol–water partition coefficient (Wildman–Crippen LogP) is 1.78. The summed E-state index contributed by atoms with van der Waals surface area (Å²) < 4.78 is 0. The molecule has 0 aliphatic rings. The Balaban J connectivity index is 1.93. The lowest BCUT2D eigenvalue weighted by molar-refractivity contribution is 0.0951. The normalized spacial score (nSPS) is 10.5. The maximum Gasteiger partial charge on any atom is 0.287 e. The summed E-state index contributed by atoms with van der Waals surface area (Å²) >= 11 is 0. The highest BCUT2D eigenvalue weighted by Crippen LogP contribution is 1.95. The van der Waals surface area contributed by atoms with E-state index in [1.807, 2.05) is 30.3 Å². The molecule has 0 atom stereocenters. The molecule has 1 aromatic heterocycles. The molecule has 0 saturated heterocycles. The number of nitrogens with zero attached hydrogens (tertiary/aromatic N) is 1. The number of amides is 1. The van der Waals surface area contributed by atoms with Crippen LogP contribution in [0.3, 0.4) is 0 Å². The van der Waals surface area contributed by atoms with Gasteiger partial charge in [0.25, 0.3) is 5.91 Å². The highest BCUT2D eigenvalue weighted by molar-refractivity contribution is 5.93. The van der Waals surface area contributed by atoms with Gasteiger partial charge >= 0.3 is 0 Å². The summed E-state index contributed by atoms with van der Waals surface area (Å²) in [6.45, 7) is 0. The van der Waals surface area contributed by atoms with Crippen molar-refractivity contribution in [1.82, 2.24) is 10.4 Å². The molecule has 2 aromatic rings. The molecular weight excluding hydrogens is 202 g/mol. The first-order chi connectivity index (χ1) is 7.86. The van der Waals surface area contributed by atoms with E-state index in [2.05, 4.69) is 15.5 Å². The van der Waals surface area contributed by atoms with Crippen LogP contribution in [0.5, 0.6) is 0 Å². The molecule has 4 heteroatoms. The van der Waals surface area contributed by atoms with E-state index in [0.29, 0.717) is 5.69 Å². The van der Waals surface area contributed by atoms with Crippen LogP contribution in [0.1, 0.15) is 16.1 Å². The van der Waals surface area contributed by atoms with Gasteiger partial charge in [0.05, 0.1) is 6.21 Å². The fourth-order valence-electron chi connectivity index (χ4n) is 1.24. The topological polar surface area (TPSA) is 57.2 Å². The predicted molar refractivity (Wildman–Crippen MR) is 62.3 cm³/mol. The average molecular weight is 213 g/mol. The molecule has 2 rings (SSSR count). The second-order valence-corrected chi connectivity index (χ2v) is 3.19. The molecule has 16 heavy (non-hydrogen) atoms. The van der Waals surface area contributed by atoms with Crippen molar-refractivity contribution < 1.29 is 4.79 Å². The number of carbonyl (C=O) groups is 1. The lowest BCUT2D eigenvalue weighted by Gasteiger charge is -1.95. The Morgan fingerprint density at radius 1 is 1.19 bits per heavy atom. The van der Waals surface area contributed by atoms with Crippen molar-refractivity contribution in [1.29, 1.82) is 0 Å². The molecule has 2 N–H and O–H groups in total. The van der Waals surface area contributed by atoms with Gasteiger partial charge in [0.15, 0.2) is 0 Å². The van der Waals surface area contributed by atoms with Crippen molar-refractivity contribution in [2.24, 2.45) is 5.10 Å². The molecule has 0 aliphatic heterocycles. The Hall–Kier alpha value is -2.36. The van der Waals surface area contributed by atoms with E-state index in [4.69, 9.17) is 0 Å². The van der Waals surface area contributed by atoms with E-state index in [0.717, 1.165) is 5.56 Å². The molecule has 80 valence electrons. The molecule has 0 spiro atoms. The smallest absolute Gasteiger partial charge is 0.287 e. The van der Waals surface area contributed by atoms with Crippen molar-refractivity contribution in [2.75, 3.05) is 0 Å². The van der Waals surface area contributed by atoms with Gasteiger partial charge in [-0.1, -0.05) is 30.3 Å². The van der Waals surface area contributed by atoms with Crippen LogP contribution in [0, 0.1) is 0 Å². The van der Waals surface area contributed by atoms with Crippen LogP contribution in [-0.2, 0) is 0 Å². The third-order valence-electron chi connectivity index (χ3n) is 2.02. The first kappa shape index (κ1) is 10.2. The van der Waals surface area contributed by atoms with E-state index in [9.17, 15) is 4.79 Å². The fourth-order valence-corrected chi connectivity index (χ4v) is 1.24. The summed E-state index contributed by atoms with van der Waals surface area (Å²) in [5, 5.41) is 3.85. The molecule has 0 unspecified atom stereocenters. The van der Waals surface area contributed by atoms with Gasteiger partial charge in [-0.2, -0.15) is 5.10 Å². The van der Waals surface area contributed by atoms with Crippen LogP contribution >= 0.6 is 0 Å². The molecule has 0 radical (unpaired) electrons. The Kier molecular flexibility index (Phi) is 3.13. The zero-order chi connectivity index (χ0) is 11.2. The van der Waals surface area contributed by atoms with Gasteiger partial charge in [-0.3, -0.25) is 4.79 Å². The number of hydrogen-bond donors (Lipinski definition) is 2. The van der Waals surface area contributed by atoms with Crippen molar-refractivity contribution in [3.05, 3.63) is 59.9 Å². The third-order valence-corrected chi connectivity index (χ3v) is 2.02. The van der Waals surface area contributed by atoms with Gasteiger partial charge < -0.3 is 4.98 Å². The Morgan fingerprint density at radius 3 is 2.69 bits per heavy atom. The quantitative estimate of drug-likeness (QED) is 0.592. The SMILES string of the molecule is O=C(N/N=C\c1ccccc1)c1ccc[nH]1. The van der Waals surface area contributed by atoms with Gasteiger partial charge in [-0.25, -0.2) is 5.43 Å². The van der Waals surface area contributed by atoms with Crippen molar-refractivity contribution >= 4 is 12.1 Å². The second-order valence-electron chi connectivity index (χ2n) is 3.19. The van der Waals surface area contributed by atoms with Crippen LogP contribution in [-0.4, -0.2) is 17.1 Å². The first-order valence-electron chi connectivity index (χ1n) is 4.88. The van der Waals surface area contributed by atoms with E-state index < -0.39 is 0 Å². The largest absolute Gasteiger partial charge is 0.357 e. The number of aromatic nitrogens is 1. The number of carbonyl (C=O) groups excluding carboxylic acids is 1. The van der Waals surface area contributed by atoms with Gasteiger partial charge in [-0.05, 0) is 17.7 Å². The summed E-state index contributed by atoms with van der Waals surface area (Å²) in [5.41, 5.74) is 3.86. The minimum atomic E-state index is -0.253. The number of nitrogens with one attached hydrogen (secondary N) is 2. The second kappa shape index (κ2) is 4.93. The molecule has 0 fully saturated rings. The lowest BCUT2D eigenvalue weighted by Crippen LogP contribution is -2.17. The van der Waals surface area contributed by atoms with Crippen molar-refractivity contribution in [3.8, 4) is 0 Å². The van der Waals surface area contributed by atoms with E-state index in [1.54, 1.807) is 24.5 Å². The van der Waals surface area contributed by atoms with Crippen LogP contribution in [0.4, 0.5) is 0 Å².